The van der Waals surface area contributed by atoms with Gasteiger partial charge in [0.1, 0.15) is 12.7 Å². The first-order valence-electron chi connectivity index (χ1n) is 11.5. The maximum absolute atomic E-state index is 10.4. The van der Waals surface area contributed by atoms with Gasteiger partial charge in [0, 0.05) is 35.9 Å². The van der Waals surface area contributed by atoms with Gasteiger partial charge in [0.2, 0.25) is 0 Å². The molecule has 2 aromatic rings. The van der Waals surface area contributed by atoms with Crippen LogP contribution >= 0.6 is 0 Å². The summed E-state index contributed by atoms with van der Waals surface area (Å²) in [5.74, 6) is 2.17. The molecule has 2 fully saturated rings. The van der Waals surface area contributed by atoms with Crippen molar-refractivity contribution < 1.29 is 14.6 Å². The Kier molecular flexibility index (Phi) is 5.70. The zero-order chi connectivity index (χ0) is 20.5. The fourth-order valence-corrected chi connectivity index (χ4v) is 4.81. The number of nitrogens with zero attached hydrogens (tertiary/aromatic N) is 2. The van der Waals surface area contributed by atoms with Gasteiger partial charge in [-0.1, -0.05) is 0 Å². The molecule has 2 heterocycles. The normalized spacial score (nSPS) is 19.8. The Morgan fingerprint density at radius 1 is 1.17 bits per heavy atom. The first kappa shape index (κ1) is 19.9. The van der Waals surface area contributed by atoms with Crippen LogP contribution in [0.1, 0.15) is 43.4 Å². The second-order valence-corrected chi connectivity index (χ2v) is 9.08. The molecule has 6 heteroatoms. The lowest BCUT2D eigenvalue weighted by molar-refractivity contribution is 0.0747. The highest BCUT2D eigenvalue weighted by molar-refractivity contribution is 5.96. The molecule has 1 unspecified atom stereocenters. The standard InChI is InChI=1S/C24H33N3O3/c1-29-22-11-19-21(12-23(22)30-15-17(28)14-27-9-2-3-10-27)26-20-6-4-5-18(20)24(19)25-13-16-7-8-16/h11-12,16-17,28H,2-10,13-15H2,1H3,(H,25,26). The van der Waals surface area contributed by atoms with Crippen molar-refractivity contribution in [3.63, 3.8) is 0 Å². The summed E-state index contributed by atoms with van der Waals surface area (Å²) < 4.78 is 11.7. The van der Waals surface area contributed by atoms with Gasteiger partial charge in [0.15, 0.2) is 11.5 Å². The molecule has 1 atom stereocenters. The third-order valence-electron chi connectivity index (χ3n) is 6.66. The molecule has 3 aliphatic rings. The molecule has 0 bridgehead atoms. The molecular weight excluding hydrogens is 378 g/mol. The summed E-state index contributed by atoms with van der Waals surface area (Å²) in [6, 6.07) is 4.04. The summed E-state index contributed by atoms with van der Waals surface area (Å²) >= 11 is 0. The van der Waals surface area contributed by atoms with E-state index < -0.39 is 6.10 Å². The number of likely N-dealkylation sites (tertiary alicyclic amines) is 1. The smallest absolute Gasteiger partial charge is 0.163 e. The van der Waals surface area contributed by atoms with Gasteiger partial charge in [-0.2, -0.15) is 0 Å². The molecule has 0 radical (unpaired) electrons. The van der Waals surface area contributed by atoms with Crippen LogP contribution in [-0.4, -0.2) is 61.0 Å². The number of anilines is 1. The summed E-state index contributed by atoms with van der Waals surface area (Å²) in [6.07, 6.45) is 7.90. The third kappa shape index (κ3) is 4.21. The Balaban J connectivity index is 1.39. The SMILES string of the molecule is COc1cc2c(NCC3CC3)c3c(nc2cc1OCC(O)CN1CCCC1)CCC3. The summed E-state index contributed by atoms with van der Waals surface area (Å²) in [4.78, 5) is 7.26. The number of aliphatic hydroxyl groups excluding tert-OH is 1. The van der Waals surface area contributed by atoms with Crippen molar-refractivity contribution in [2.24, 2.45) is 5.92 Å². The van der Waals surface area contributed by atoms with Crippen molar-refractivity contribution in [1.29, 1.82) is 0 Å². The van der Waals surface area contributed by atoms with E-state index in [1.807, 2.05) is 6.07 Å². The lowest BCUT2D eigenvalue weighted by atomic mass is 10.1. The van der Waals surface area contributed by atoms with Gasteiger partial charge >= 0.3 is 0 Å². The lowest BCUT2D eigenvalue weighted by Crippen LogP contribution is -2.33. The number of hydrogen-bond acceptors (Lipinski definition) is 6. The number of pyridine rings is 1. The van der Waals surface area contributed by atoms with Crippen LogP contribution in [-0.2, 0) is 12.8 Å². The molecule has 6 nitrogen and oxygen atoms in total. The van der Waals surface area contributed by atoms with Crippen molar-refractivity contribution >= 4 is 16.6 Å². The van der Waals surface area contributed by atoms with Crippen molar-refractivity contribution in [3.8, 4) is 11.5 Å². The van der Waals surface area contributed by atoms with Crippen molar-refractivity contribution in [2.75, 3.05) is 45.2 Å². The van der Waals surface area contributed by atoms with Crippen LogP contribution in [0, 0.1) is 5.92 Å². The van der Waals surface area contributed by atoms with Crippen LogP contribution in [0.2, 0.25) is 0 Å². The van der Waals surface area contributed by atoms with Gasteiger partial charge in [0.05, 0.1) is 12.6 Å². The average Bonchev–Trinajstić information content (AvgIpc) is 3.21. The summed E-state index contributed by atoms with van der Waals surface area (Å²) in [7, 11) is 1.67. The maximum atomic E-state index is 10.4. The third-order valence-corrected chi connectivity index (χ3v) is 6.66. The van der Waals surface area contributed by atoms with Gasteiger partial charge < -0.3 is 24.8 Å². The topological polar surface area (TPSA) is 66.8 Å². The van der Waals surface area contributed by atoms with Crippen LogP contribution in [0.15, 0.2) is 12.1 Å². The quantitative estimate of drug-likeness (QED) is 0.659. The highest BCUT2D eigenvalue weighted by Crippen LogP contribution is 2.40. The average molecular weight is 412 g/mol. The number of hydrogen-bond donors (Lipinski definition) is 2. The van der Waals surface area contributed by atoms with Crippen molar-refractivity contribution in [2.45, 2.75) is 51.0 Å². The molecule has 1 saturated carbocycles. The van der Waals surface area contributed by atoms with Gasteiger partial charge in [0.25, 0.3) is 0 Å². The molecule has 30 heavy (non-hydrogen) atoms. The summed E-state index contributed by atoms with van der Waals surface area (Å²) in [5.41, 5.74) is 4.77. The van der Waals surface area contributed by atoms with Crippen LogP contribution in [0.4, 0.5) is 5.69 Å². The molecule has 2 N–H and O–H groups in total. The van der Waals surface area contributed by atoms with E-state index in [1.54, 1.807) is 7.11 Å². The van der Waals surface area contributed by atoms with E-state index in [1.165, 1.54) is 49.0 Å². The fourth-order valence-electron chi connectivity index (χ4n) is 4.81. The number of rotatable bonds is 9. The number of benzene rings is 1. The van der Waals surface area contributed by atoms with E-state index in [0.29, 0.717) is 18.0 Å². The first-order chi connectivity index (χ1) is 14.7. The van der Waals surface area contributed by atoms with Crippen LogP contribution in [0.5, 0.6) is 11.5 Å². The second kappa shape index (κ2) is 8.60. The van der Waals surface area contributed by atoms with E-state index in [-0.39, 0.29) is 6.61 Å². The fraction of sp³-hybridized carbons (Fsp3) is 0.625. The Morgan fingerprint density at radius 3 is 2.77 bits per heavy atom. The van der Waals surface area contributed by atoms with Crippen molar-refractivity contribution in [3.05, 3.63) is 23.4 Å². The Labute approximate surface area is 178 Å². The van der Waals surface area contributed by atoms with E-state index in [0.717, 1.165) is 49.3 Å². The number of nitrogens with one attached hydrogen (secondary N) is 1. The summed E-state index contributed by atoms with van der Waals surface area (Å²) in [6.45, 7) is 4.10. The van der Waals surface area contributed by atoms with E-state index >= 15 is 0 Å². The number of aliphatic hydroxyl groups is 1. The highest BCUT2D eigenvalue weighted by atomic mass is 16.5. The minimum absolute atomic E-state index is 0.260. The lowest BCUT2D eigenvalue weighted by Gasteiger charge is -2.21. The number of methoxy groups -OCH3 is 1. The van der Waals surface area contributed by atoms with Gasteiger partial charge in [-0.25, -0.2) is 0 Å². The number of ether oxygens (including phenoxy) is 2. The largest absolute Gasteiger partial charge is 0.493 e. The molecule has 0 spiro atoms. The van der Waals surface area contributed by atoms with Crippen LogP contribution < -0.4 is 14.8 Å². The first-order valence-corrected chi connectivity index (χ1v) is 11.5. The molecule has 1 aromatic heterocycles. The predicted octanol–water partition coefficient (Wildman–Crippen LogP) is 3.39. The number of aromatic nitrogens is 1. The molecule has 5 rings (SSSR count). The molecule has 1 saturated heterocycles. The van der Waals surface area contributed by atoms with E-state index in [2.05, 4.69) is 16.3 Å². The number of aryl methyl sites for hydroxylation is 1. The molecule has 2 aliphatic carbocycles. The Hall–Kier alpha value is -2.05. The molecule has 0 amide bonds. The number of fused-ring (bicyclic) bond motifs is 2. The number of β-amino-alcohol motifs (C(OH)–C–C–N with tert-alkyl or cyclic N) is 1. The molecule has 162 valence electrons. The minimum Gasteiger partial charge on any atom is -0.493 e. The van der Waals surface area contributed by atoms with Crippen LogP contribution in [0.3, 0.4) is 0 Å². The molecule has 1 aromatic carbocycles. The van der Waals surface area contributed by atoms with Gasteiger partial charge in [-0.3, -0.25) is 4.98 Å². The van der Waals surface area contributed by atoms with E-state index in [4.69, 9.17) is 14.5 Å². The highest BCUT2D eigenvalue weighted by Gasteiger charge is 2.25. The molecule has 1 aliphatic heterocycles. The maximum Gasteiger partial charge on any atom is 0.163 e. The predicted molar refractivity (Wildman–Crippen MR) is 119 cm³/mol. The zero-order valence-electron chi connectivity index (χ0n) is 18.0. The van der Waals surface area contributed by atoms with Crippen LogP contribution in [0.25, 0.3) is 10.9 Å². The minimum atomic E-state index is -0.507. The van der Waals surface area contributed by atoms with Gasteiger partial charge in [-0.05, 0) is 75.6 Å². The van der Waals surface area contributed by atoms with Crippen molar-refractivity contribution in [1.82, 2.24) is 9.88 Å². The Bertz CT molecular complexity index is 906. The van der Waals surface area contributed by atoms with E-state index in [9.17, 15) is 5.11 Å². The summed E-state index contributed by atoms with van der Waals surface area (Å²) in [5, 5.41) is 15.3. The Morgan fingerprint density at radius 2 is 2.00 bits per heavy atom. The zero-order valence-corrected chi connectivity index (χ0v) is 18.0. The molecular formula is C24H33N3O3. The van der Waals surface area contributed by atoms with Gasteiger partial charge in [-0.15, -0.1) is 0 Å². The monoisotopic (exact) mass is 411 g/mol. The second-order valence-electron chi connectivity index (χ2n) is 9.08.